The lowest BCUT2D eigenvalue weighted by Gasteiger charge is -2.07. The maximum Gasteiger partial charge on any atom is 0.191 e. The summed E-state index contributed by atoms with van der Waals surface area (Å²) in [5.41, 5.74) is 7.07. The number of aromatic amines is 1. The number of aryl methyl sites for hydroxylation is 1. The Labute approximate surface area is 86.7 Å². The number of nitrogen functional groups attached to an aromatic ring is 1. The number of anilines is 1. The molecule has 3 N–H and O–H groups in total. The summed E-state index contributed by atoms with van der Waals surface area (Å²) in [6.07, 6.45) is 0. The van der Waals surface area contributed by atoms with Crippen LogP contribution in [0.15, 0.2) is 23.0 Å². The lowest BCUT2D eigenvalue weighted by molar-refractivity contribution is 0.419. The van der Waals surface area contributed by atoms with Crippen molar-refractivity contribution >= 4 is 16.7 Å². The third kappa shape index (κ3) is 1.44. The van der Waals surface area contributed by atoms with Crippen LogP contribution < -0.4 is 15.9 Å². The minimum atomic E-state index is -0.0855. The van der Waals surface area contributed by atoms with Crippen LogP contribution in [0.1, 0.15) is 5.56 Å². The number of benzene rings is 1. The van der Waals surface area contributed by atoms with Crippen molar-refractivity contribution in [3.63, 3.8) is 0 Å². The monoisotopic (exact) mass is 204 g/mol. The molecular weight excluding hydrogens is 192 g/mol. The van der Waals surface area contributed by atoms with Crippen LogP contribution in [0, 0.1) is 6.92 Å². The number of fused-ring (bicyclic) bond motifs is 1. The molecule has 4 heteroatoms. The normalized spacial score (nSPS) is 10.5. The van der Waals surface area contributed by atoms with E-state index in [0.717, 1.165) is 5.56 Å². The summed E-state index contributed by atoms with van der Waals surface area (Å²) < 4.78 is 5.17. The number of nitrogens with two attached hydrogens (primary N) is 1. The number of nitrogens with one attached hydrogen (secondary N) is 1. The van der Waals surface area contributed by atoms with Gasteiger partial charge in [-0.2, -0.15) is 0 Å². The molecule has 0 fully saturated rings. The SMILES string of the molecule is COc1ccc(C)c2c(=O)cc(N)[nH]c12. The predicted molar refractivity (Wildman–Crippen MR) is 60.3 cm³/mol. The van der Waals surface area contributed by atoms with Gasteiger partial charge >= 0.3 is 0 Å². The minimum Gasteiger partial charge on any atom is -0.495 e. The average molecular weight is 204 g/mol. The highest BCUT2D eigenvalue weighted by Crippen LogP contribution is 2.24. The Balaban J connectivity index is 3.00. The summed E-state index contributed by atoms with van der Waals surface area (Å²) in [5, 5.41) is 0.628. The highest BCUT2D eigenvalue weighted by atomic mass is 16.5. The molecule has 0 bridgehead atoms. The third-order valence-corrected chi connectivity index (χ3v) is 2.40. The number of H-pyrrole nitrogens is 1. The summed E-state index contributed by atoms with van der Waals surface area (Å²) in [5.74, 6) is 0.969. The molecular formula is C11H12N2O2. The van der Waals surface area contributed by atoms with Crippen molar-refractivity contribution in [1.82, 2.24) is 4.98 Å². The van der Waals surface area contributed by atoms with E-state index in [-0.39, 0.29) is 5.43 Å². The van der Waals surface area contributed by atoms with Gasteiger partial charge in [-0.1, -0.05) is 6.07 Å². The quantitative estimate of drug-likeness (QED) is 0.738. The van der Waals surface area contributed by atoms with Gasteiger partial charge in [0.2, 0.25) is 0 Å². The van der Waals surface area contributed by atoms with Gasteiger partial charge in [0.1, 0.15) is 11.6 Å². The third-order valence-electron chi connectivity index (χ3n) is 2.40. The molecule has 1 aromatic heterocycles. The second-order valence-electron chi connectivity index (χ2n) is 3.42. The summed E-state index contributed by atoms with van der Waals surface area (Å²) in [6.45, 7) is 1.88. The van der Waals surface area contributed by atoms with Crippen LogP contribution in [-0.2, 0) is 0 Å². The molecule has 0 radical (unpaired) electrons. The van der Waals surface area contributed by atoms with E-state index in [4.69, 9.17) is 10.5 Å². The smallest absolute Gasteiger partial charge is 0.191 e. The van der Waals surface area contributed by atoms with Gasteiger partial charge in [-0.3, -0.25) is 4.79 Å². The molecule has 0 aliphatic carbocycles. The second kappa shape index (κ2) is 3.31. The van der Waals surface area contributed by atoms with Gasteiger partial charge in [-0.05, 0) is 18.6 Å². The Hall–Kier alpha value is -1.97. The molecule has 15 heavy (non-hydrogen) atoms. The number of pyridine rings is 1. The fourth-order valence-electron chi connectivity index (χ4n) is 1.69. The van der Waals surface area contributed by atoms with Crippen molar-refractivity contribution in [2.45, 2.75) is 6.92 Å². The fraction of sp³-hybridized carbons (Fsp3) is 0.182. The molecule has 0 spiro atoms. The first-order valence-corrected chi connectivity index (χ1v) is 4.59. The Morgan fingerprint density at radius 3 is 2.80 bits per heavy atom. The van der Waals surface area contributed by atoms with E-state index in [0.29, 0.717) is 22.5 Å². The molecule has 78 valence electrons. The molecule has 1 heterocycles. The number of rotatable bonds is 1. The average Bonchev–Trinajstić information content (AvgIpc) is 2.17. The second-order valence-corrected chi connectivity index (χ2v) is 3.42. The zero-order valence-electron chi connectivity index (χ0n) is 8.63. The number of hydrogen-bond donors (Lipinski definition) is 2. The van der Waals surface area contributed by atoms with Gasteiger partial charge < -0.3 is 15.5 Å². The number of hydrogen-bond acceptors (Lipinski definition) is 3. The van der Waals surface area contributed by atoms with Crippen LogP contribution >= 0.6 is 0 Å². The van der Waals surface area contributed by atoms with E-state index in [9.17, 15) is 4.79 Å². The van der Waals surface area contributed by atoms with E-state index in [1.54, 1.807) is 7.11 Å². The van der Waals surface area contributed by atoms with E-state index in [1.165, 1.54) is 6.07 Å². The molecule has 0 aliphatic heterocycles. The topological polar surface area (TPSA) is 68.1 Å². The molecule has 0 unspecified atom stereocenters. The first-order valence-electron chi connectivity index (χ1n) is 4.59. The predicted octanol–water partition coefficient (Wildman–Crippen LogP) is 1.43. The van der Waals surface area contributed by atoms with E-state index >= 15 is 0 Å². The highest BCUT2D eigenvalue weighted by molar-refractivity contribution is 5.88. The van der Waals surface area contributed by atoms with Gasteiger partial charge in [0, 0.05) is 6.07 Å². The molecule has 0 saturated heterocycles. The first kappa shape index (κ1) is 9.58. The Morgan fingerprint density at radius 1 is 1.40 bits per heavy atom. The van der Waals surface area contributed by atoms with E-state index in [2.05, 4.69) is 4.98 Å². The summed E-state index contributed by atoms with van der Waals surface area (Å²) in [6, 6.07) is 5.05. The lowest BCUT2D eigenvalue weighted by atomic mass is 10.1. The molecule has 2 rings (SSSR count). The molecule has 2 aromatic rings. The van der Waals surface area contributed by atoms with Crippen molar-refractivity contribution in [3.05, 3.63) is 34.0 Å². The zero-order valence-corrected chi connectivity index (χ0v) is 8.63. The maximum atomic E-state index is 11.7. The fourth-order valence-corrected chi connectivity index (χ4v) is 1.69. The van der Waals surface area contributed by atoms with Gasteiger partial charge in [0.15, 0.2) is 5.43 Å². The van der Waals surface area contributed by atoms with Crippen molar-refractivity contribution < 1.29 is 4.74 Å². The van der Waals surface area contributed by atoms with Gasteiger partial charge in [-0.15, -0.1) is 0 Å². The van der Waals surface area contributed by atoms with Gasteiger partial charge in [-0.25, -0.2) is 0 Å². The van der Waals surface area contributed by atoms with Crippen LogP contribution in [0.5, 0.6) is 5.75 Å². The zero-order chi connectivity index (χ0) is 11.0. The van der Waals surface area contributed by atoms with Crippen molar-refractivity contribution in [1.29, 1.82) is 0 Å². The van der Waals surface area contributed by atoms with Crippen LogP contribution in [0.3, 0.4) is 0 Å². The van der Waals surface area contributed by atoms with Crippen LogP contribution in [0.25, 0.3) is 10.9 Å². The Kier molecular flexibility index (Phi) is 2.11. The number of ether oxygens (including phenoxy) is 1. The molecule has 0 aliphatic rings. The lowest BCUT2D eigenvalue weighted by Crippen LogP contribution is -2.07. The summed E-state index contributed by atoms with van der Waals surface area (Å²) in [7, 11) is 1.56. The minimum absolute atomic E-state index is 0.0855. The van der Waals surface area contributed by atoms with E-state index in [1.807, 2.05) is 19.1 Å². The largest absolute Gasteiger partial charge is 0.495 e. The summed E-state index contributed by atoms with van der Waals surface area (Å²) >= 11 is 0. The van der Waals surface area contributed by atoms with E-state index < -0.39 is 0 Å². The van der Waals surface area contributed by atoms with Crippen LogP contribution in [-0.4, -0.2) is 12.1 Å². The number of aromatic nitrogens is 1. The molecule has 0 saturated carbocycles. The van der Waals surface area contributed by atoms with Crippen molar-refractivity contribution in [2.75, 3.05) is 12.8 Å². The Morgan fingerprint density at radius 2 is 2.13 bits per heavy atom. The molecule has 4 nitrogen and oxygen atoms in total. The Bertz CT molecular complexity index is 573. The molecule has 1 aromatic carbocycles. The van der Waals surface area contributed by atoms with Crippen molar-refractivity contribution in [2.24, 2.45) is 0 Å². The van der Waals surface area contributed by atoms with Gasteiger partial charge in [0.25, 0.3) is 0 Å². The van der Waals surface area contributed by atoms with Crippen molar-refractivity contribution in [3.8, 4) is 5.75 Å². The standard InChI is InChI=1S/C11H12N2O2/c1-6-3-4-8(15-2)11-10(6)7(14)5-9(12)13-11/h3-5H,1-2H3,(H3,12,13,14). The summed E-state index contributed by atoms with van der Waals surface area (Å²) in [4.78, 5) is 14.7. The number of methoxy groups -OCH3 is 1. The van der Waals surface area contributed by atoms with Crippen LogP contribution in [0.2, 0.25) is 0 Å². The maximum absolute atomic E-state index is 11.7. The molecule has 0 amide bonds. The molecule has 0 atom stereocenters. The highest BCUT2D eigenvalue weighted by Gasteiger charge is 2.08. The first-order chi connectivity index (χ1) is 7.13. The van der Waals surface area contributed by atoms with Crippen LogP contribution in [0.4, 0.5) is 5.82 Å². The van der Waals surface area contributed by atoms with Gasteiger partial charge in [0.05, 0.1) is 18.0 Å².